The summed E-state index contributed by atoms with van der Waals surface area (Å²) in [5.41, 5.74) is 15.4. The van der Waals surface area contributed by atoms with E-state index in [4.69, 9.17) is 19.9 Å². The van der Waals surface area contributed by atoms with Gasteiger partial charge in [0.05, 0.1) is 27.9 Å². The molecule has 0 N–H and O–H groups in total. The fourth-order valence-corrected chi connectivity index (χ4v) is 9.59. The predicted octanol–water partition coefficient (Wildman–Crippen LogP) is 13.3. The average molecular weight is 783 g/mol. The lowest BCUT2D eigenvalue weighted by molar-refractivity contribution is 0.666. The Bertz CT molecular complexity index is 3420. The molecule has 0 saturated heterocycles. The summed E-state index contributed by atoms with van der Waals surface area (Å²) in [6.45, 7) is 4.75. The maximum Gasteiger partial charge on any atom is 0.164 e. The Morgan fingerprint density at radius 3 is 1.70 bits per heavy atom. The Morgan fingerprint density at radius 1 is 0.410 bits per heavy atom. The number of para-hydroxylation sites is 1. The van der Waals surface area contributed by atoms with E-state index in [9.17, 15) is 0 Å². The van der Waals surface area contributed by atoms with Crippen molar-refractivity contribution < 1.29 is 0 Å². The minimum absolute atomic E-state index is 0.203. The van der Waals surface area contributed by atoms with Gasteiger partial charge < -0.3 is 9.13 Å². The van der Waals surface area contributed by atoms with E-state index < -0.39 is 0 Å². The molecule has 0 saturated carbocycles. The topological polar surface area (TPSA) is 61.4 Å². The van der Waals surface area contributed by atoms with Crippen molar-refractivity contribution in [2.75, 3.05) is 0 Å². The predicted molar refractivity (Wildman–Crippen MR) is 248 cm³/mol. The van der Waals surface area contributed by atoms with Crippen LogP contribution in [0.4, 0.5) is 0 Å². The van der Waals surface area contributed by atoms with Crippen molar-refractivity contribution >= 4 is 32.7 Å². The van der Waals surface area contributed by atoms with Gasteiger partial charge in [0.25, 0.3) is 0 Å². The Hall–Kier alpha value is -7.96. The van der Waals surface area contributed by atoms with E-state index in [0.717, 1.165) is 55.7 Å². The second-order valence-corrected chi connectivity index (χ2v) is 16.3. The monoisotopic (exact) mass is 782 g/mol. The van der Waals surface area contributed by atoms with Crippen LogP contribution in [0.5, 0.6) is 0 Å². The van der Waals surface area contributed by atoms with E-state index in [-0.39, 0.29) is 5.41 Å². The number of fused-ring (bicyclic) bond motifs is 8. The standard InChI is InChI=1S/C55H38N6/c1-55(2)45-26-13-12-25-41(45)51-50(55)44-33-43-42-32-37(46-27-14-15-30-56-46)28-29-47(42)60(48(43)34-49(44)61(51)39-22-10-5-11-23-39)40-24-16-21-38(31-40)54-58-52(35-17-6-3-7-18-35)57-53(59-54)36-19-8-4-9-20-36/h3-34H,1-2H3. The number of benzene rings is 7. The third kappa shape index (κ3) is 5.49. The molecule has 0 amide bonds. The molecule has 1 aliphatic rings. The van der Waals surface area contributed by atoms with Gasteiger partial charge in [-0.15, -0.1) is 0 Å². The number of aromatic nitrogens is 6. The van der Waals surface area contributed by atoms with Gasteiger partial charge in [-0.25, -0.2) is 15.0 Å². The molecule has 12 rings (SSSR count). The van der Waals surface area contributed by atoms with Crippen LogP contribution in [-0.2, 0) is 5.41 Å². The SMILES string of the molecule is CC1(C)c2ccccc2-c2c1c1cc3c4cc(-c5ccccn5)ccc4n(-c4cccc(-c5nc(-c6ccccc6)nc(-c6ccccc6)n5)c4)c3cc1n2-c1ccccc1. The number of pyridine rings is 1. The molecule has 0 spiro atoms. The Kier molecular flexibility index (Phi) is 7.78. The summed E-state index contributed by atoms with van der Waals surface area (Å²) >= 11 is 0. The van der Waals surface area contributed by atoms with Crippen molar-refractivity contribution in [3.63, 3.8) is 0 Å². The summed E-state index contributed by atoms with van der Waals surface area (Å²) in [5, 5.41) is 3.61. The average Bonchev–Trinajstić information content (AvgIpc) is 3.92. The molecule has 6 nitrogen and oxygen atoms in total. The first kappa shape index (κ1) is 35.0. The molecule has 11 aromatic rings. The normalized spacial score (nSPS) is 12.9. The quantitative estimate of drug-likeness (QED) is 0.169. The molecule has 0 aliphatic heterocycles. The molecule has 0 fully saturated rings. The minimum Gasteiger partial charge on any atom is -0.309 e. The van der Waals surface area contributed by atoms with Crippen molar-refractivity contribution in [1.82, 2.24) is 29.1 Å². The zero-order valence-corrected chi connectivity index (χ0v) is 33.7. The highest BCUT2D eigenvalue weighted by Crippen LogP contribution is 2.54. The first-order chi connectivity index (χ1) is 30.0. The zero-order chi connectivity index (χ0) is 40.7. The summed E-state index contributed by atoms with van der Waals surface area (Å²) in [6, 6.07) is 66.3. The largest absolute Gasteiger partial charge is 0.309 e. The van der Waals surface area contributed by atoms with Crippen LogP contribution in [0.15, 0.2) is 194 Å². The second kappa shape index (κ2) is 13.5. The van der Waals surface area contributed by atoms with Gasteiger partial charge >= 0.3 is 0 Å². The molecular weight excluding hydrogens is 745 g/mol. The number of hydrogen-bond acceptors (Lipinski definition) is 4. The van der Waals surface area contributed by atoms with Gasteiger partial charge in [-0.1, -0.05) is 141 Å². The first-order valence-corrected chi connectivity index (χ1v) is 20.7. The Balaban J connectivity index is 1.14. The van der Waals surface area contributed by atoms with Crippen LogP contribution in [0.25, 0.3) is 101 Å². The highest BCUT2D eigenvalue weighted by atomic mass is 15.0. The molecule has 1 aliphatic carbocycles. The van der Waals surface area contributed by atoms with Gasteiger partial charge in [0.1, 0.15) is 0 Å². The van der Waals surface area contributed by atoms with Crippen LogP contribution in [0.2, 0.25) is 0 Å². The van der Waals surface area contributed by atoms with Gasteiger partial charge in [-0.2, -0.15) is 0 Å². The summed E-state index contributed by atoms with van der Waals surface area (Å²) in [5.74, 6) is 1.89. The number of rotatable bonds is 6. The second-order valence-electron chi connectivity index (χ2n) is 16.3. The Labute approximate surface area is 353 Å². The first-order valence-electron chi connectivity index (χ1n) is 20.7. The summed E-state index contributed by atoms with van der Waals surface area (Å²) in [7, 11) is 0. The van der Waals surface area contributed by atoms with Crippen molar-refractivity contribution in [3.05, 3.63) is 205 Å². The molecule has 61 heavy (non-hydrogen) atoms. The lowest BCUT2D eigenvalue weighted by Gasteiger charge is -2.21. The summed E-state index contributed by atoms with van der Waals surface area (Å²) in [4.78, 5) is 19.9. The fourth-order valence-electron chi connectivity index (χ4n) is 9.59. The van der Waals surface area contributed by atoms with E-state index >= 15 is 0 Å². The van der Waals surface area contributed by atoms with Crippen molar-refractivity contribution in [3.8, 4) is 68.1 Å². The highest BCUT2D eigenvalue weighted by molar-refractivity contribution is 6.16. The van der Waals surface area contributed by atoms with Gasteiger partial charge in [0, 0.05) is 67.0 Å². The van der Waals surface area contributed by atoms with Gasteiger partial charge in [-0.05, 0) is 71.8 Å². The van der Waals surface area contributed by atoms with Gasteiger partial charge in [-0.3, -0.25) is 4.98 Å². The Morgan fingerprint density at radius 2 is 1.00 bits per heavy atom. The van der Waals surface area contributed by atoms with E-state index in [1.54, 1.807) is 0 Å². The van der Waals surface area contributed by atoms with Gasteiger partial charge in [0.2, 0.25) is 0 Å². The molecule has 0 bridgehead atoms. The van der Waals surface area contributed by atoms with Crippen LogP contribution < -0.4 is 0 Å². The molecule has 0 radical (unpaired) electrons. The van der Waals surface area contributed by atoms with Crippen LogP contribution in [-0.4, -0.2) is 29.1 Å². The molecule has 288 valence electrons. The maximum absolute atomic E-state index is 5.10. The molecule has 4 aromatic heterocycles. The van der Waals surface area contributed by atoms with Crippen LogP contribution in [0, 0.1) is 0 Å². The van der Waals surface area contributed by atoms with Crippen LogP contribution in [0.1, 0.15) is 25.0 Å². The molecule has 0 unspecified atom stereocenters. The number of nitrogens with zero attached hydrogens (tertiary/aromatic N) is 6. The zero-order valence-electron chi connectivity index (χ0n) is 33.7. The van der Waals surface area contributed by atoms with E-state index in [0.29, 0.717) is 17.5 Å². The molecular formula is C55H38N6. The minimum atomic E-state index is -0.203. The number of hydrogen-bond donors (Lipinski definition) is 0. The lowest BCUT2D eigenvalue weighted by Crippen LogP contribution is -2.14. The molecule has 4 heterocycles. The lowest BCUT2D eigenvalue weighted by atomic mass is 9.81. The summed E-state index contributed by atoms with van der Waals surface area (Å²) < 4.78 is 4.89. The van der Waals surface area contributed by atoms with E-state index in [2.05, 4.69) is 138 Å². The van der Waals surface area contributed by atoms with Crippen molar-refractivity contribution in [1.29, 1.82) is 0 Å². The highest BCUT2D eigenvalue weighted by Gasteiger charge is 2.40. The smallest absolute Gasteiger partial charge is 0.164 e. The maximum atomic E-state index is 5.10. The third-order valence-electron chi connectivity index (χ3n) is 12.4. The van der Waals surface area contributed by atoms with Crippen molar-refractivity contribution in [2.45, 2.75) is 19.3 Å². The fraction of sp³-hybridized carbons (Fsp3) is 0.0545. The third-order valence-corrected chi connectivity index (χ3v) is 12.4. The van der Waals surface area contributed by atoms with Crippen LogP contribution in [0.3, 0.4) is 0 Å². The van der Waals surface area contributed by atoms with E-state index in [1.807, 2.05) is 79.0 Å². The summed E-state index contributed by atoms with van der Waals surface area (Å²) in [6.07, 6.45) is 1.86. The molecule has 6 heteroatoms. The molecule has 0 atom stereocenters. The van der Waals surface area contributed by atoms with Crippen molar-refractivity contribution in [2.24, 2.45) is 0 Å². The van der Waals surface area contributed by atoms with Crippen LogP contribution >= 0.6 is 0 Å². The van der Waals surface area contributed by atoms with E-state index in [1.165, 1.54) is 38.7 Å². The van der Waals surface area contributed by atoms with Gasteiger partial charge in [0.15, 0.2) is 17.5 Å². The molecule has 7 aromatic carbocycles.